The van der Waals surface area contributed by atoms with Crippen molar-refractivity contribution in [2.24, 2.45) is 11.8 Å². The van der Waals surface area contributed by atoms with Gasteiger partial charge in [-0.25, -0.2) is 9.59 Å². The number of fused-ring (bicyclic) bond motifs is 2. The lowest BCUT2D eigenvalue weighted by atomic mass is 9.81. The number of esters is 5. The average Bonchev–Trinajstić information content (AvgIpc) is 3.59. The standard InChI is InChI=1S/C59H61Cl4N3O15/c1-27(2)17-32(23-77-43(68)13-11-10-12-16-64-31(9)67)65-54(71)35-19-39(60)48-50-41(62)21-37-47-38(22-42(63)51(53(47)50)49-40(61)20-36(55(65)72)46(35)52(48)49)57(74)66(56(37)73)33(18-28(3)4)24-78-44(69)14-15-45(70)81-34(25-79-58(75)29(5)6)26-80-59(76)30(7)8/h19-22,27-28,32-34H,5,7,10-18,23-26H2,1-4,6,8-9H3,(H,64,67). The summed E-state index contributed by atoms with van der Waals surface area (Å²) in [4.78, 5) is 136. The predicted octanol–water partition coefficient (Wildman–Crippen LogP) is 11.1. The first-order chi connectivity index (χ1) is 38.2. The normalized spacial score (nSPS) is 14.0. The highest BCUT2D eigenvalue weighted by atomic mass is 35.5. The third-order valence-electron chi connectivity index (χ3n) is 13.8. The van der Waals surface area contributed by atoms with Crippen molar-refractivity contribution in [3.8, 4) is 0 Å². The van der Waals surface area contributed by atoms with Gasteiger partial charge < -0.3 is 29.0 Å². The summed E-state index contributed by atoms with van der Waals surface area (Å²) in [5.41, 5.74) is 0.298. The number of unbranched alkanes of at least 4 members (excludes halogenated alkanes) is 2. The van der Waals surface area contributed by atoms with Gasteiger partial charge in [-0.05, 0) is 75.6 Å². The van der Waals surface area contributed by atoms with Gasteiger partial charge in [0.15, 0.2) is 6.10 Å². The van der Waals surface area contributed by atoms with E-state index in [1.165, 1.54) is 45.0 Å². The fourth-order valence-corrected chi connectivity index (χ4v) is 11.4. The lowest BCUT2D eigenvalue weighted by Crippen LogP contribution is -2.50. The molecular weight excluding hydrogens is 1130 g/mol. The number of hydrogen-bond donors (Lipinski definition) is 1. The van der Waals surface area contributed by atoms with E-state index in [4.69, 9.17) is 70.1 Å². The van der Waals surface area contributed by atoms with Crippen LogP contribution < -0.4 is 5.32 Å². The molecule has 22 heteroatoms. The SMILES string of the molecule is C=C(C)C(=O)OCC(COC(=O)C(=C)C)OC(=O)CCC(=O)OCC(CC(C)C)N1C(=O)c2cc(Cl)c3c4c(Cl)cc5c6c(cc(Cl)c(c7c(Cl)cc(c2c37)C1=O)c64)C(=O)N(C(COC(=O)CCCCCNC(C)=O)CC(C)C)C5=O. The van der Waals surface area contributed by atoms with Gasteiger partial charge in [-0.1, -0.05) is 93.7 Å². The van der Waals surface area contributed by atoms with Gasteiger partial charge in [0.1, 0.15) is 26.4 Å². The van der Waals surface area contributed by atoms with Gasteiger partial charge in [-0.2, -0.15) is 0 Å². The Morgan fingerprint density at radius 1 is 0.481 bits per heavy atom. The summed E-state index contributed by atoms with van der Waals surface area (Å²) in [5, 5.41) is 4.82. The zero-order valence-corrected chi connectivity index (χ0v) is 48.9. The maximum atomic E-state index is 14.9. The number of imide groups is 2. The molecule has 2 unspecified atom stereocenters. The number of amides is 5. The highest BCUT2D eigenvalue weighted by Crippen LogP contribution is 2.54. The molecule has 0 aliphatic carbocycles. The fraction of sp³-hybridized carbons (Fsp3) is 0.424. The zero-order valence-electron chi connectivity index (χ0n) is 45.8. The van der Waals surface area contributed by atoms with Crippen LogP contribution in [0.1, 0.15) is 141 Å². The number of benzene rings is 5. The molecule has 18 nitrogen and oxygen atoms in total. The molecule has 0 saturated heterocycles. The third kappa shape index (κ3) is 13.3. The summed E-state index contributed by atoms with van der Waals surface area (Å²) in [5.74, 6) is -7.08. The van der Waals surface area contributed by atoms with E-state index in [1.807, 2.05) is 27.7 Å². The van der Waals surface area contributed by atoms with Crippen LogP contribution in [-0.2, 0) is 52.5 Å². The van der Waals surface area contributed by atoms with Crippen LogP contribution in [0.4, 0.5) is 0 Å². The van der Waals surface area contributed by atoms with Gasteiger partial charge in [0.05, 0.1) is 47.2 Å². The number of nitrogens with zero attached hydrogens (tertiary/aromatic N) is 2. The number of carbonyl (C=O) groups excluding carboxylic acids is 10. The van der Waals surface area contributed by atoms with Crippen molar-refractivity contribution in [2.75, 3.05) is 33.0 Å². The minimum atomic E-state index is -1.24. The fourth-order valence-electron chi connectivity index (χ4n) is 10.3. The lowest BCUT2D eigenvalue weighted by molar-refractivity contribution is -0.165. The smallest absolute Gasteiger partial charge is 0.333 e. The van der Waals surface area contributed by atoms with Crippen LogP contribution in [0.5, 0.6) is 0 Å². The summed E-state index contributed by atoms with van der Waals surface area (Å²) < 4.78 is 26.8. The molecule has 0 bridgehead atoms. The molecule has 0 radical (unpaired) electrons. The molecule has 5 aromatic carbocycles. The number of ether oxygens (including phenoxy) is 5. The average molecular weight is 1190 g/mol. The summed E-state index contributed by atoms with van der Waals surface area (Å²) >= 11 is 29.0. The summed E-state index contributed by atoms with van der Waals surface area (Å²) in [6.45, 7) is 17.5. The van der Waals surface area contributed by atoms with Crippen LogP contribution in [0.25, 0.3) is 43.1 Å². The van der Waals surface area contributed by atoms with E-state index >= 15 is 0 Å². The van der Waals surface area contributed by atoms with Gasteiger partial charge in [-0.3, -0.25) is 48.2 Å². The van der Waals surface area contributed by atoms with Crippen LogP contribution in [0.2, 0.25) is 20.1 Å². The summed E-state index contributed by atoms with van der Waals surface area (Å²) in [7, 11) is 0. The van der Waals surface area contributed by atoms with Crippen LogP contribution in [0.3, 0.4) is 0 Å². The molecule has 2 heterocycles. The third-order valence-corrected chi connectivity index (χ3v) is 15.0. The molecule has 2 aliphatic heterocycles. The minimum Gasteiger partial charge on any atom is -0.463 e. The molecule has 5 aromatic rings. The Labute approximate surface area is 486 Å². The van der Waals surface area contributed by atoms with Crippen LogP contribution in [-0.4, -0.2) is 120 Å². The Balaban J connectivity index is 1.17. The molecule has 5 amide bonds. The van der Waals surface area contributed by atoms with E-state index in [9.17, 15) is 47.9 Å². The Bertz CT molecular complexity index is 3320. The highest BCUT2D eigenvalue weighted by molar-refractivity contribution is 6.56. The summed E-state index contributed by atoms with van der Waals surface area (Å²) in [6.07, 6.45) is 0.179. The second kappa shape index (κ2) is 25.9. The van der Waals surface area contributed by atoms with Gasteiger partial charge in [-0.15, -0.1) is 0 Å². The molecule has 81 heavy (non-hydrogen) atoms. The van der Waals surface area contributed by atoms with E-state index < -0.39 is 104 Å². The maximum Gasteiger partial charge on any atom is 0.333 e. The predicted molar refractivity (Wildman–Crippen MR) is 305 cm³/mol. The lowest BCUT2D eigenvalue weighted by Gasteiger charge is -2.36. The number of nitrogens with one attached hydrogen (secondary N) is 1. The van der Waals surface area contributed by atoms with Crippen molar-refractivity contribution in [3.05, 3.63) is 90.9 Å². The summed E-state index contributed by atoms with van der Waals surface area (Å²) in [6, 6.07) is 3.76. The molecule has 0 spiro atoms. The Morgan fingerprint density at radius 3 is 1.19 bits per heavy atom. The topological polar surface area (TPSA) is 235 Å². The molecule has 2 atom stereocenters. The first-order valence-corrected chi connectivity index (χ1v) is 27.9. The highest BCUT2D eigenvalue weighted by Gasteiger charge is 2.43. The zero-order chi connectivity index (χ0) is 59.5. The van der Waals surface area contributed by atoms with Gasteiger partial charge in [0, 0.05) is 94.2 Å². The number of halogens is 4. The first-order valence-electron chi connectivity index (χ1n) is 26.4. The molecule has 0 saturated carbocycles. The van der Waals surface area contributed by atoms with Crippen molar-refractivity contribution >= 4 is 149 Å². The van der Waals surface area contributed by atoms with Gasteiger partial charge >= 0.3 is 29.8 Å². The van der Waals surface area contributed by atoms with Crippen LogP contribution in [0.15, 0.2) is 48.6 Å². The Morgan fingerprint density at radius 2 is 0.840 bits per heavy atom. The van der Waals surface area contributed by atoms with Gasteiger partial charge in [0.25, 0.3) is 23.6 Å². The van der Waals surface area contributed by atoms with Crippen molar-refractivity contribution in [1.82, 2.24) is 15.1 Å². The van der Waals surface area contributed by atoms with Crippen LogP contribution >= 0.6 is 46.4 Å². The molecule has 0 fully saturated rings. The van der Waals surface area contributed by atoms with Crippen LogP contribution in [0, 0.1) is 11.8 Å². The van der Waals surface area contributed by atoms with E-state index in [0.29, 0.717) is 37.6 Å². The molecule has 2 aliphatic rings. The van der Waals surface area contributed by atoms with Crippen molar-refractivity contribution in [2.45, 2.75) is 118 Å². The van der Waals surface area contributed by atoms with Crippen molar-refractivity contribution < 1.29 is 71.6 Å². The Hall–Kier alpha value is -6.86. The maximum absolute atomic E-state index is 14.9. The molecule has 0 aromatic heterocycles. The number of hydrogen-bond acceptors (Lipinski definition) is 15. The quantitative estimate of drug-likeness (QED) is 0.0103. The van der Waals surface area contributed by atoms with Gasteiger partial charge in [0.2, 0.25) is 5.91 Å². The van der Waals surface area contributed by atoms with Crippen molar-refractivity contribution in [3.63, 3.8) is 0 Å². The second-order valence-corrected chi connectivity index (χ2v) is 22.8. The largest absolute Gasteiger partial charge is 0.463 e. The molecular formula is C59H61Cl4N3O15. The second-order valence-electron chi connectivity index (χ2n) is 21.2. The number of rotatable bonds is 26. The molecule has 1 N–H and O–H groups in total. The monoisotopic (exact) mass is 1190 g/mol. The van der Waals surface area contributed by atoms with E-state index in [-0.39, 0.29) is 128 Å². The van der Waals surface area contributed by atoms with E-state index in [2.05, 4.69) is 18.5 Å². The van der Waals surface area contributed by atoms with E-state index in [1.54, 1.807) is 0 Å². The molecule has 430 valence electrons. The Kier molecular flexibility index (Phi) is 19.8. The first kappa shape index (κ1) is 61.8. The van der Waals surface area contributed by atoms with E-state index in [0.717, 1.165) is 9.80 Å². The minimum absolute atomic E-state index is 0.00421. The van der Waals surface area contributed by atoms with Crippen molar-refractivity contribution in [1.29, 1.82) is 0 Å². The molecule has 7 rings (SSSR count). The number of carbonyl (C=O) groups is 10.